The molecule has 1 saturated heterocycles. The van der Waals surface area contributed by atoms with Crippen molar-refractivity contribution in [2.24, 2.45) is 11.8 Å². The summed E-state index contributed by atoms with van der Waals surface area (Å²) in [6.45, 7) is 2.75. The summed E-state index contributed by atoms with van der Waals surface area (Å²) < 4.78 is 18.8. The number of nitrogens with one attached hydrogen (secondary N) is 2. The Morgan fingerprint density at radius 3 is 2.46 bits per heavy atom. The number of aromatic nitrogens is 6. The fourth-order valence-corrected chi connectivity index (χ4v) is 7.69. The van der Waals surface area contributed by atoms with Crippen LogP contribution in [-0.2, 0) is 20.7 Å². The monoisotopic (exact) mass is 650 g/mol. The minimum Gasteiger partial charge on any atom is -0.457 e. The summed E-state index contributed by atoms with van der Waals surface area (Å²) in [5.74, 6) is 3.01. The largest absolute Gasteiger partial charge is 0.457 e. The third-order valence-electron chi connectivity index (χ3n) is 10.1. The highest BCUT2D eigenvalue weighted by Crippen LogP contribution is 2.46. The third-order valence-corrected chi connectivity index (χ3v) is 10.1. The van der Waals surface area contributed by atoms with Gasteiger partial charge in [-0.1, -0.05) is 79.2 Å². The topological polar surface area (TPSA) is 162 Å². The summed E-state index contributed by atoms with van der Waals surface area (Å²) in [6.07, 6.45) is 2.58. The molecule has 4 heterocycles. The SMILES string of the molecule is CCc1noc([C@H]2O[C@@H](n3cnc4c(NCC(c5ccccc5)c5ccccc5)nc(NC5CC6CCC5C6)nc43)[C@H](OC=O)[C@@H]2O)n1. The van der Waals surface area contributed by atoms with Gasteiger partial charge >= 0.3 is 0 Å². The number of aliphatic hydroxyl groups excluding tert-OH is 1. The number of carbonyl (C=O) groups is 1. The molecule has 13 heteroatoms. The van der Waals surface area contributed by atoms with Crippen molar-refractivity contribution in [3.05, 3.63) is 89.8 Å². The van der Waals surface area contributed by atoms with E-state index in [1.165, 1.54) is 30.4 Å². The van der Waals surface area contributed by atoms with Crippen molar-refractivity contribution in [1.82, 2.24) is 29.7 Å². The van der Waals surface area contributed by atoms with Crippen molar-refractivity contribution in [1.29, 1.82) is 0 Å². The van der Waals surface area contributed by atoms with Gasteiger partial charge in [0.05, 0.1) is 6.33 Å². The summed E-state index contributed by atoms with van der Waals surface area (Å²) >= 11 is 0. The van der Waals surface area contributed by atoms with E-state index in [4.69, 9.17) is 28.9 Å². The van der Waals surface area contributed by atoms with Crippen LogP contribution in [0.5, 0.6) is 0 Å². The maximum atomic E-state index is 11.6. The molecule has 2 aromatic carbocycles. The van der Waals surface area contributed by atoms with E-state index in [1.54, 1.807) is 10.9 Å². The van der Waals surface area contributed by atoms with Crippen LogP contribution in [0.3, 0.4) is 0 Å². The second kappa shape index (κ2) is 13.0. The van der Waals surface area contributed by atoms with Gasteiger partial charge in [0.1, 0.15) is 6.10 Å². The lowest BCUT2D eigenvalue weighted by Crippen LogP contribution is -2.32. The van der Waals surface area contributed by atoms with Gasteiger partial charge in [0.2, 0.25) is 5.95 Å². The molecule has 8 rings (SSSR count). The number of carbonyl (C=O) groups excluding carboxylic acids is 1. The van der Waals surface area contributed by atoms with Gasteiger partial charge in [0, 0.05) is 24.9 Å². The van der Waals surface area contributed by atoms with Crippen LogP contribution in [-0.4, -0.2) is 66.0 Å². The van der Waals surface area contributed by atoms with Crippen molar-refractivity contribution < 1.29 is 23.9 Å². The average Bonchev–Trinajstić information content (AvgIpc) is 3.96. The summed E-state index contributed by atoms with van der Waals surface area (Å²) in [5.41, 5.74) is 3.33. The molecule has 3 unspecified atom stereocenters. The summed E-state index contributed by atoms with van der Waals surface area (Å²) in [6, 6.07) is 21.0. The van der Waals surface area contributed by atoms with E-state index >= 15 is 0 Å². The van der Waals surface area contributed by atoms with Crippen LogP contribution in [0.15, 0.2) is 71.5 Å². The molecule has 2 saturated carbocycles. The minimum atomic E-state index is -1.27. The third kappa shape index (κ3) is 5.66. The Labute approximate surface area is 277 Å². The number of rotatable bonds is 12. The Morgan fingerprint density at radius 1 is 1.04 bits per heavy atom. The van der Waals surface area contributed by atoms with Crippen LogP contribution < -0.4 is 10.6 Å². The van der Waals surface area contributed by atoms with Gasteiger partial charge < -0.3 is 29.7 Å². The zero-order chi connectivity index (χ0) is 32.6. The summed E-state index contributed by atoms with van der Waals surface area (Å²) in [4.78, 5) is 30.6. The second-order valence-electron chi connectivity index (χ2n) is 12.9. The predicted octanol–water partition coefficient (Wildman–Crippen LogP) is 4.79. The van der Waals surface area contributed by atoms with E-state index in [1.807, 2.05) is 43.3 Å². The van der Waals surface area contributed by atoms with Gasteiger partial charge in [-0.3, -0.25) is 9.36 Å². The number of aliphatic hydroxyl groups is 1. The number of fused-ring (bicyclic) bond motifs is 3. The van der Waals surface area contributed by atoms with Crippen LogP contribution in [0.2, 0.25) is 0 Å². The Hall–Kier alpha value is -4.88. The number of ether oxygens (including phenoxy) is 2. The van der Waals surface area contributed by atoms with Gasteiger partial charge in [-0.2, -0.15) is 15.0 Å². The van der Waals surface area contributed by atoms with Gasteiger partial charge in [0.15, 0.2) is 41.2 Å². The molecule has 48 heavy (non-hydrogen) atoms. The number of hydrogen-bond donors (Lipinski definition) is 3. The Balaban J connectivity index is 1.16. The lowest BCUT2D eigenvalue weighted by molar-refractivity contribution is -0.142. The Kier molecular flexibility index (Phi) is 8.22. The molecular formula is C35H38N8O5. The zero-order valence-electron chi connectivity index (χ0n) is 26.6. The maximum absolute atomic E-state index is 11.6. The summed E-state index contributed by atoms with van der Waals surface area (Å²) in [7, 11) is 0. The minimum absolute atomic E-state index is 0.0448. The lowest BCUT2D eigenvalue weighted by Gasteiger charge is -2.24. The van der Waals surface area contributed by atoms with Crippen molar-refractivity contribution in [2.75, 3.05) is 17.2 Å². The van der Waals surface area contributed by atoms with E-state index in [9.17, 15) is 9.90 Å². The molecule has 0 spiro atoms. The van der Waals surface area contributed by atoms with Crippen LogP contribution in [0.1, 0.15) is 73.7 Å². The molecule has 3 aliphatic rings. The highest BCUT2D eigenvalue weighted by atomic mass is 16.6. The van der Waals surface area contributed by atoms with E-state index in [0.717, 1.165) is 12.3 Å². The first-order chi connectivity index (χ1) is 23.6. The predicted molar refractivity (Wildman–Crippen MR) is 175 cm³/mol. The van der Waals surface area contributed by atoms with E-state index in [2.05, 4.69) is 45.0 Å². The normalized spacial score (nSPS) is 26.4. The molecule has 3 fully saturated rings. The van der Waals surface area contributed by atoms with Crippen LogP contribution in [0.25, 0.3) is 11.2 Å². The zero-order valence-corrected chi connectivity index (χ0v) is 26.6. The molecule has 248 valence electrons. The second-order valence-corrected chi connectivity index (χ2v) is 12.9. The Morgan fingerprint density at radius 2 is 1.81 bits per heavy atom. The van der Waals surface area contributed by atoms with Gasteiger partial charge in [-0.25, -0.2) is 4.98 Å². The van der Waals surface area contributed by atoms with Gasteiger partial charge in [-0.15, -0.1) is 0 Å². The van der Waals surface area contributed by atoms with E-state index < -0.39 is 24.5 Å². The molecule has 3 N–H and O–H groups in total. The van der Waals surface area contributed by atoms with Crippen molar-refractivity contribution >= 4 is 29.4 Å². The number of nitrogens with zero attached hydrogens (tertiary/aromatic N) is 6. The molecule has 3 aromatic heterocycles. The fourth-order valence-electron chi connectivity index (χ4n) is 7.69. The molecule has 2 aliphatic carbocycles. The van der Waals surface area contributed by atoms with Crippen LogP contribution in [0.4, 0.5) is 11.8 Å². The molecule has 2 bridgehead atoms. The number of benzene rings is 2. The number of anilines is 2. The summed E-state index contributed by atoms with van der Waals surface area (Å²) in [5, 5.41) is 22.4. The first kappa shape index (κ1) is 30.5. The molecule has 7 atom stereocenters. The number of aryl methyl sites for hydroxylation is 1. The molecule has 5 aromatic rings. The molecule has 0 amide bonds. The Bertz CT molecular complexity index is 1830. The van der Waals surface area contributed by atoms with Crippen LogP contribution in [0, 0.1) is 11.8 Å². The van der Waals surface area contributed by atoms with Crippen molar-refractivity contribution in [3.8, 4) is 0 Å². The fraction of sp³-hybridized carbons (Fsp3) is 0.429. The maximum Gasteiger partial charge on any atom is 0.293 e. The van der Waals surface area contributed by atoms with Gasteiger partial charge in [0.25, 0.3) is 12.4 Å². The number of hydrogen-bond acceptors (Lipinski definition) is 12. The van der Waals surface area contributed by atoms with E-state index in [0.29, 0.717) is 54.1 Å². The molecular weight excluding hydrogens is 612 g/mol. The molecule has 13 nitrogen and oxygen atoms in total. The van der Waals surface area contributed by atoms with E-state index in [-0.39, 0.29) is 17.9 Å². The molecule has 1 aliphatic heterocycles. The quantitative estimate of drug-likeness (QED) is 0.159. The standard InChI is InChI=1S/C35H38N8O5/c1-2-26-39-33(48-42-26)29-28(45)30(46-19-44)34(47-29)43-18-37-27-31(40-35(41-32(27)43)38-25-16-20-13-14-23(25)15-20)36-17-24(21-9-5-3-6-10-21)22-11-7-4-8-12-22/h3-12,18-20,23-25,28-30,34,45H,2,13-17H2,1H3,(H2,36,38,40,41)/t20?,23?,25?,28-,29+,30-,34-/m1/s1. The van der Waals surface area contributed by atoms with Gasteiger partial charge in [-0.05, 0) is 42.2 Å². The highest BCUT2D eigenvalue weighted by molar-refractivity contribution is 5.84. The van der Waals surface area contributed by atoms with Crippen molar-refractivity contribution in [2.45, 2.75) is 75.5 Å². The lowest BCUT2D eigenvalue weighted by atomic mass is 9.91. The van der Waals surface area contributed by atoms with Crippen molar-refractivity contribution in [3.63, 3.8) is 0 Å². The molecule has 0 radical (unpaired) electrons. The highest BCUT2D eigenvalue weighted by Gasteiger charge is 2.50. The van der Waals surface area contributed by atoms with Crippen LogP contribution >= 0.6 is 0 Å². The first-order valence-corrected chi connectivity index (χ1v) is 16.7. The smallest absolute Gasteiger partial charge is 0.293 e. The average molecular weight is 651 g/mol. The first-order valence-electron chi connectivity index (χ1n) is 16.7. The number of imidazole rings is 1.